The molecule has 0 radical (unpaired) electrons. The van der Waals surface area contributed by atoms with E-state index >= 15 is 0 Å². The average Bonchev–Trinajstić information content (AvgIpc) is 3.28. The molecule has 5 rings (SSSR count). The van der Waals surface area contributed by atoms with Crippen molar-refractivity contribution in [1.29, 1.82) is 0 Å². The van der Waals surface area contributed by atoms with Crippen LogP contribution < -0.4 is 16.0 Å². The SMILES string of the molecule is Cn1cc2ccc(NC(=O)c3ccccc3NCc3ccnc(NC(=O)N4CCS(=O)C(=O)C4)c3)cc2n1. The van der Waals surface area contributed by atoms with Crippen LogP contribution in [0.5, 0.6) is 0 Å². The van der Waals surface area contributed by atoms with E-state index in [1.54, 1.807) is 35.1 Å². The van der Waals surface area contributed by atoms with Crippen molar-refractivity contribution in [3.05, 3.63) is 78.1 Å². The van der Waals surface area contributed by atoms with Crippen molar-refractivity contribution in [2.45, 2.75) is 6.54 Å². The van der Waals surface area contributed by atoms with Crippen molar-refractivity contribution in [2.24, 2.45) is 7.05 Å². The predicted molar refractivity (Wildman–Crippen MR) is 145 cm³/mol. The first-order valence-corrected chi connectivity index (χ1v) is 13.2. The third-order valence-electron chi connectivity index (χ3n) is 6.00. The number of para-hydroxylation sites is 1. The van der Waals surface area contributed by atoms with Gasteiger partial charge in [-0.05, 0) is 48.0 Å². The monoisotopic (exact) mass is 531 g/mol. The first kappa shape index (κ1) is 25.1. The van der Waals surface area contributed by atoms with Crippen LogP contribution in [0.4, 0.5) is 22.0 Å². The molecule has 11 nitrogen and oxygen atoms in total. The minimum absolute atomic E-state index is 0.133. The number of benzene rings is 2. The number of nitrogens with one attached hydrogen (secondary N) is 3. The number of amides is 3. The van der Waals surface area contributed by atoms with E-state index in [4.69, 9.17) is 0 Å². The fourth-order valence-electron chi connectivity index (χ4n) is 4.08. The molecular weight excluding hydrogens is 506 g/mol. The van der Waals surface area contributed by atoms with Crippen molar-refractivity contribution >= 4 is 55.9 Å². The Hall–Kier alpha value is -4.58. The summed E-state index contributed by atoms with van der Waals surface area (Å²) < 4.78 is 13.2. The third-order valence-corrected chi connectivity index (χ3v) is 7.19. The summed E-state index contributed by atoms with van der Waals surface area (Å²) in [5.41, 5.74) is 3.38. The largest absolute Gasteiger partial charge is 0.380 e. The molecule has 3 N–H and O–H groups in total. The lowest BCUT2D eigenvalue weighted by atomic mass is 10.1. The first-order valence-electron chi connectivity index (χ1n) is 11.9. The van der Waals surface area contributed by atoms with Crippen LogP contribution in [0.25, 0.3) is 10.9 Å². The van der Waals surface area contributed by atoms with Gasteiger partial charge < -0.3 is 15.5 Å². The Bertz CT molecular complexity index is 1570. The van der Waals surface area contributed by atoms with E-state index in [9.17, 15) is 18.6 Å². The molecule has 1 unspecified atom stereocenters. The van der Waals surface area contributed by atoms with E-state index in [-0.39, 0.29) is 24.7 Å². The molecule has 1 aliphatic rings. The number of hydrogen-bond donors (Lipinski definition) is 3. The maximum absolute atomic E-state index is 13.1. The maximum atomic E-state index is 13.1. The molecule has 194 valence electrons. The van der Waals surface area contributed by atoms with Crippen LogP contribution in [0.2, 0.25) is 0 Å². The van der Waals surface area contributed by atoms with Gasteiger partial charge in [-0.15, -0.1) is 0 Å². The molecule has 12 heteroatoms. The number of hydrogen-bond acceptors (Lipinski definition) is 7. The summed E-state index contributed by atoms with van der Waals surface area (Å²) in [7, 11) is 0.316. The smallest absolute Gasteiger partial charge is 0.323 e. The van der Waals surface area contributed by atoms with Gasteiger partial charge in [0.1, 0.15) is 5.82 Å². The van der Waals surface area contributed by atoms with Crippen molar-refractivity contribution in [3.63, 3.8) is 0 Å². The molecule has 4 aromatic rings. The van der Waals surface area contributed by atoms with Crippen LogP contribution in [0.1, 0.15) is 15.9 Å². The zero-order chi connectivity index (χ0) is 26.6. The first-order chi connectivity index (χ1) is 18.4. The molecule has 1 aliphatic heterocycles. The van der Waals surface area contributed by atoms with Crippen LogP contribution in [0, 0.1) is 0 Å². The van der Waals surface area contributed by atoms with Gasteiger partial charge in [-0.1, -0.05) is 12.1 Å². The lowest BCUT2D eigenvalue weighted by molar-refractivity contribution is -0.112. The average molecular weight is 532 g/mol. The fraction of sp³-hybridized carbons (Fsp3) is 0.192. The third kappa shape index (κ3) is 5.70. The Labute approximate surface area is 220 Å². The molecule has 3 amide bonds. The van der Waals surface area contributed by atoms with Gasteiger partial charge in [-0.3, -0.25) is 23.8 Å². The van der Waals surface area contributed by atoms with E-state index in [0.29, 0.717) is 29.3 Å². The summed E-state index contributed by atoms with van der Waals surface area (Å²) >= 11 is 0. The van der Waals surface area contributed by atoms with Gasteiger partial charge in [0.2, 0.25) is 5.12 Å². The molecule has 0 saturated carbocycles. The quantitative estimate of drug-likeness (QED) is 0.348. The number of pyridine rings is 1. The number of urea groups is 1. The summed E-state index contributed by atoms with van der Waals surface area (Å²) in [6, 6.07) is 15.8. The summed E-state index contributed by atoms with van der Waals surface area (Å²) in [5.74, 6) is 0.196. The van der Waals surface area contributed by atoms with Crippen molar-refractivity contribution < 1.29 is 18.6 Å². The number of rotatable bonds is 6. The Kier molecular flexibility index (Phi) is 7.13. The zero-order valence-corrected chi connectivity index (χ0v) is 21.3. The number of carbonyl (C=O) groups is 3. The molecule has 1 atom stereocenters. The number of aromatic nitrogens is 3. The highest BCUT2D eigenvalue weighted by molar-refractivity contribution is 8.00. The van der Waals surface area contributed by atoms with Crippen LogP contribution in [0.15, 0.2) is 67.0 Å². The summed E-state index contributed by atoms with van der Waals surface area (Å²) in [6.45, 7) is 0.422. The normalized spacial score (nSPS) is 15.3. The topological polar surface area (TPSA) is 138 Å². The Morgan fingerprint density at radius 3 is 2.76 bits per heavy atom. The number of carbonyl (C=O) groups excluding carboxylic acids is 3. The van der Waals surface area contributed by atoms with Crippen LogP contribution in [-0.2, 0) is 29.2 Å². The Morgan fingerprint density at radius 1 is 1.08 bits per heavy atom. The molecule has 0 aliphatic carbocycles. The highest BCUT2D eigenvalue weighted by Gasteiger charge is 2.27. The standard InChI is InChI=1S/C26H25N7O4S/c1-32-15-18-6-7-19(13-22(18)31-32)29-25(35)20-4-2-3-5-21(20)28-14-17-8-9-27-23(12-17)30-26(36)33-10-11-38(37)24(34)16-33/h2-9,12-13,15,28H,10-11,14,16H2,1H3,(H,29,35)(H,27,30,36). The number of fused-ring (bicyclic) bond motifs is 1. The lowest BCUT2D eigenvalue weighted by Gasteiger charge is -2.25. The van der Waals surface area contributed by atoms with Gasteiger partial charge in [-0.25, -0.2) is 9.78 Å². The molecule has 0 bridgehead atoms. The van der Waals surface area contributed by atoms with Gasteiger partial charge in [-0.2, -0.15) is 5.10 Å². The van der Waals surface area contributed by atoms with Crippen molar-refractivity contribution in [2.75, 3.05) is 34.8 Å². The Morgan fingerprint density at radius 2 is 1.92 bits per heavy atom. The second kappa shape index (κ2) is 10.8. The second-order valence-electron chi connectivity index (χ2n) is 8.75. The highest BCUT2D eigenvalue weighted by atomic mass is 32.2. The van der Waals surface area contributed by atoms with E-state index in [2.05, 4.69) is 26.0 Å². The molecule has 2 aromatic carbocycles. The zero-order valence-electron chi connectivity index (χ0n) is 20.5. The van der Waals surface area contributed by atoms with Crippen LogP contribution >= 0.6 is 0 Å². The van der Waals surface area contributed by atoms with E-state index in [0.717, 1.165) is 16.5 Å². The number of nitrogens with zero attached hydrogens (tertiary/aromatic N) is 4. The lowest BCUT2D eigenvalue weighted by Crippen LogP contribution is -2.46. The molecule has 3 heterocycles. The summed E-state index contributed by atoms with van der Waals surface area (Å²) in [4.78, 5) is 42.8. The van der Waals surface area contributed by atoms with Gasteiger partial charge in [0, 0.05) is 55.0 Å². The van der Waals surface area contributed by atoms with Gasteiger partial charge in [0.15, 0.2) is 0 Å². The number of anilines is 3. The number of aryl methyl sites for hydroxylation is 1. The van der Waals surface area contributed by atoms with Crippen LogP contribution in [-0.4, -0.2) is 59.8 Å². The minimum atomic E-state index is -1.53. The summed E-state index contributed by atoms with van der Waals surface area (Å²) in [5, 5.41) is 13.8. The van der Waals surface area contributed by atoms with Crippen molar-refractivity contribution in [3.8, 4) is 0 Å². The molecule has 1 saturated heterocycles. The maximum Gasteiger partial charge on any atom is 0.323 e. The molecule has 2 aromatic heterocycles. The van der Waals surface area contributed by atoms with Gasteiger partial charge in [0.05, 0.1) is 28.4 Å². The summed E-state index contributed by atoms with van der Waals surface area (Å²) in [6.07, 6.45) is 3.48. The molecule has 1 fully saturated rings. The minimum Gasteiger partial charge on any atom is -0.380 e. The Balaban J connectivity index is 1.23. The molecule has 0 spiro atoms. The predicted octanol–water partition coefficient (Wildman–Crippen LogP) is 2.96. The van der Waals surface area contributed by atoms with E-state index in [1.807, 2.05) is 43.6 Å². The molecular formula is C26H25N7O4S. The fourth-order valence-corrected chi connectivity index (χ4v) is 4.99. The van der Waals surface area contributed by atoms with Crippen molar-refractivity contribution in [1.82, 2.24) is 19.7 Å². The second-order valence-corrected chi connectivity index (χ2v) is 10.3. The highest BCUT2D eigenvalue weighted by Crippen LogP contribution is 2.21. The van der Waals surface area contributed by atoms with E-state index < -0.39 is 21.9 Å². The van der Waals surface area contributed by atoms with Crippen LogP contribution in [0.3, 0.4) is 0 Å². The molecule has 38 heavy (non-hydrogen) atoms. The van der Waals surface area contributed by atoms with E-state index in [1.165, 1.54) is 4.90 Å². The van der Waals surface area contributed by atoms with Gasteiger partial charge >= 0.3 is 6.03 Å². The van der Waals surface area contributed by atoms with Gasteiger partial charge in [0.25, 0.3) is 5.91 Å².